The molecule has 0 saturated carbocycles. The molecule has 2 N–H and O–H groups in total. The van der Waals surface area contributed by atoms with Crippen molar-refractivity contribution in [2.75, 3.05) is 11.9 Å². The highest BCUT2D eigenvalue weighted by Crippen LogP contribution is 2.23. The fourth-order valence-electron chi connectivity index (χ4n) is 1.53. The molecule has 1 amide bonds. The molecule has 0 radical (unpaired) electrons. The molecule has 106 valence electrons. The van der Waals surface area contributed by atoms with Gasteiger partial charge in [-0.1, -0.05) is 35.2 Å². The topological polar surface area (TPSA) is 62.2 Å². The highest BCUT2D eigenvalue weighted by atomic mass is 35.5. The normalized spacial score (nSPS) is 9.67. The molecule has 2 aromatic rings. The SMILES string of the molecule is O=C(Nc1cccc(C#CCO)n1)c1ccc(Cl)c(Cl)c1. The first kappa shape index (κ1) is 15.3. The summed E-state index contributed by atoms with van der Waals surface area (Å²) in [6, 6.07) is 9.62. The lowest BCUT2D eigenvalue weighted by molar-refractivity contribution is 0.102. The maximum Gasteiger partial charge on any atom is 0.256 e. The van der Waals surface area contributed by atoms with E-state index in [1.54, 1.807) is 30.3 Å². The van der Waals surface area contributed by atoms with Gasteiger partial charge in [0, 0.05) is 5.56 Å². The first-order chi connectivity index (χ1) is 10.1. The van der Waals surface area contributed by atoms with Crippen molar-refractivity contribution in [1.29, 1.82) is 0 Å². The summed E-state index contributed by atoms with van der Waals surface area (Å²) in [4.78, 5) is 16.2. The molecule has 4 nitrogen and oxygen atoms in total. The molecule has 0 aliphatic heterocycles. The van der Waals surface area contributed by atoms with E-state index in [1.807, 2.05) is 0 Å². The van der Waals surface area contributed by atoms with Crippen molar-refractivity contribution in [2.24, 2.45) is 0 Å². The van der Waals surface area contributed by atoms with Gasteiger partial charge in [0.1, 0.15) is 18.1 Å². The van der Waals surface area contributed by atoms with Gasteiger partial charge in [0.05, 0.1) is 10.0 Å². The summed E-state index contributed by atoms with van der Waals surface area (Å²) in [5, 5.41) is 12.0. The maximum absolute atomic E-state index is 12.1. The molecule has 0 aliphatic carbocycles. The quantitative estimate of drug-likeness (QED) is 0.836. The monoisotopic (exact) mass is 320 g/mol. The van der Waals surface area contributed by atoms with E-state index < -0.39 is 0 Å². The van der Waals surface area contributed by atoms with Crippen molar-refractivity contribution in [3.8, 4) is 11.8 Å². The third-order valence-corrected chi connectivity index (χ3v) is 3.21. The van der Waals surface area contributed by atoms with Gasteiger partial charge in [0.2, 0.25) is 0 Å². The van der Waals surface area contributed by atoms with Gasteiger partial charge in [-0.2, -0.15) is 0 Å². The first-order valence-corrected chi connectivity index (χ1v) is 6.69. The Hall–Kier alpha value is -2.06. The predicted molar refractivity (Wildman–Crippen MR) is 82.6 cm³/mol. The fourth-order valence-corrected chi connectivity index (χ4v) is 1.83. The lowest BCUT2D eigenvalue weighted by Crippen LogP contribution is -2.13. The second kappa shape index (κ2) is 7.09. The number of nitrogens with zero attached hydrogens (tertiary/aromatic N) is 1. The Balaban J connectivity index is 2.17. The van der Waals surface area contributed by atoms with E-state index in [4.69, 9.17) is 28.3 Å². The number of pyridine rings is 1. The van der Waals surface area contributed by atoms with Crippen molar-refractivity contribution in [1.82, 2.24) is 4.98 Å². The molecule has 2 rings (SSSR count). The van der Waals surface area contributed by atoms with Crippen LogP contribution < -0.4 is 5.32 Å². The molecule has 0 aliphatic rings. The van der Waals surface area contributed by atoms with Gasteiger partial charge in [0.15, 0.2) is 0 Å². The zero-order valence-electron chi connectivity index (χ0n) is 10.7. The second-order valence-electron chi connectivity index (χ2n) is 3.95. The number of aliphatic hydroxyl groups is 1. The van der Waals surface area contributed by atoms with Crippen LogP contribution in [0.4, 0.5) is 5.82 Å². The molecule has 0 fully saturated rings. The Labute approximate surface area is 131 Å². The number of carbonyl (C=O) groups is 1. The Bertz CT molecular complexity index is 736. The summed E-state index contributed by atoms with van der Waals surface area (Å²) in [5.41, 5.74) is 0.828. The van der Waals surface area contributed by atoms with Gasteiger partial charge in [-0.3, -0.25) is 4.79 Å². The molecule has 0 atom stereocenters. The summed E-state index contributed by atoms with van der Waals surface area (Å²) < 4.78 is 0. The number of halogens is 2. The minimum absolute atomic E-state index is 0.248. The van der Waals surface area contributed by atoms with E-state index in [0.717, 1.165) is 0 Å². The predicted octanol–water partition coefficient (Wildman–Crippen LogP) is 2.98. The van der Waals surface area contributed by atoms with Crippen LogP contribution in [-0.4, -0.2) is 22.6 Å². The molecule has 21 heavy (non-hydrogen) atoms. The van der Waals surface area contributed by atoms with Gasteiger partial charge in [-0.15, -0.1) is 0 Å². The molecule has 0 bridgehead atoms. The Morgan fingerprint density at radius 1 is 1.24 bits per heavy atom. The number of hydrogen-bond acceptors (Lipinski definition) is 3. The third-order valence-electron chi connectivity index (χ3n) is 2.47. The van der Waals surface area contributed by atoms with Crippen LogP contribution in [0.25, 0.3) is 0 Å². The molecule has 1 aromatic heterocycles. The Morgan fingerprint density at radius 3 is 2.76 bits per heavy atom. The zero-order chi connectivity index (χ0) is 15.2. The molecular formula is C15H10Cl2N2O2. The number of nitrogens with one attached hydrogen (secondary N) is 1. The van der Waals surface area contributed by atoms with Crippen LogP contribution in [0.15, 0.2) is 36.4 Å². The first-order valence-electron chi connectivity index (χ1n) is 5.93. The van der Waals surface area contributed by atoms with Crippen LogP contribution >= 0.6 is 23.2 Å². The van der Waals surface area contributed by atoms with E-state index in [2.05, 4.69) is 22.1 Å². The smallest absolute Gasteiger partial charge is 0.256 e. The number of rotatable bonds is 2. The summed E-state index contributed by atoms with van der Waals surface area (Å²) in [6.07, 6.45) is 0. The van der Waals surface area contributed by atoms with Crippen LogP contribution in [0.2, 0.25) is 10.0 Å². The largest absolute Gasteiger partial charge is 0.384 e. The number of hydrogen-bond donors (Lipinski definition) is 2. The van der Waals surface area contributed by atoms with E-state index in [-0.39, 0.29) is 12.5 Å². The van der Waals surface area contributed by atoms with Crippen molar-refractivity contribution >= 4 is 34.9 Å². The second-order valence-corrected chi connectivity index (χ2v) is 4.77. The zero-order valence-corrected chi connectivity index (χ0v) is 12.2. The highest BCUT2D eigenvalue weighted by molar-refractivity contribution is 6.42. The molecule has 0 spiro atoms. The van der Waals surface area contributed by atoms with Gasteiger partial charge in [0.25, 0.3) is 5.91 Å². The fraction of sp³-hybridized carbons (Fsp3) is 0.0667. The van der Waals surface area contributed by atoms with Crippen molar-refractivity contribution < 1.29 is 9.90 Å². The molecule has 0 unspecified atom stereocenters. The molecule has 1 heterocycles. The van der Waals surface area contributed by atoms with Gasteiger partial charge >= 0.3 is 0 Å². The average Bonchev–Trinajstić information content (AvgIpc) is 2.48. The van der Waals surface area contributed by atoms with Gasteiger partial charge < -0.3 is 10.4 Å². The van der Waals surface area contributed by atoms with E-state index in [0.29, 0.717) is 27.1 Å². The van der Waals surface area contributed by atoms with Crippen LogP contribution in [-0.2, 0) is 0 Å². The van der Waals surface area contributed by atoms with Crippen LogP contribution in [0.5, 0.6) is 0 Å². The van der Waals surface area contributed by atoms with Crippen molar-refractivity contribution in [3.05, 3.63) is 57.7 Å². The number of aliphatic hydroxyl groups excluding tert-OH is 1. The standard InChI is InChI=1S/C15H10Cl2N2O2/c16-12-7-6-10(9-13(12)17)15(21)19-14-5-1-3-11(18-14)4-2-8-20/h1,3,5-7,9,20H,8H2,(H,18,19,21). The maximum atomic E-state index is 12.1. The minimum Gasteiger partial charge on any atom is -0.384 e. The van der Waals surface area contributed by atoms with Crippen LogP contribution in [0.3, 0.4) is 0 Å². The lowest BCUT2D eigenvalue weighted by atomic mass is 10.2. The highest BCUT2D eigenvalue weighted by Gasteiger charge is 2.09. The molecule has 0 saturated heterocycles. The minimum atomic E-state index is -0.353. The van der Waals surface area contributed by atoms with E-state index in [9.17, 15) is 4.79 Å². The third kappa shape index (κ3) is 4.20. The molecular weight excluding hydrogens is 311 g/mol. The number of benzene rings is 1. The van der Waals surface area contributed by atoms with Gasteiger partial charge in [-0.05, 0) is 36.3 Å². The Kier molecular flexibility index (Phi) is 5.18. The van der Waals surface area contributed by atoms with E-state index >= 15 is 0 Å². The molecule has 6 heteroatoms. The summed E-state index contributed by atoms with van der Waals surface area (Å²) in [7, 11) is 0. The van der Waals surface area contributed by atoms with Crippen LogP contribution in [0.1, 0.15) is 16.1 Å². The number of carbonyl (C=O) groups excluding carboxylic acids is 1. The van der Waals surface area contributed by atoms with E-state index in [1.165, 1.54) is 6.07 Å². The Morgan fingerprint density at radius 2 is 2.05 bits per heavy atom. The summed E-state index contributed by atoms with van der Waals surface area (Å²) in [5.74, 6) is 5.16. The number of aromatic nitrogens is 1. The summed E-state index contributed by atoms with van der Waals surface area (Å²) in [6.45, 7) is -0.248. The van der Waals surface area contributed by atoms with Crippen LogP contribution in [0, 0.1) is 11.8 Å². The summed E-state index contributed by atoms with van der Waals surface area (Å²) >= 11 is 11.7. The molecule has 1 aromatic carbocycles. The number of anilines is 1. The van der Waals surface area contributed by atoms with Crippen molar-refractivity contribution in [2.45, 2.75) is 0 Å². The van der Waals surface area contributed by atoms with Gasteiger partial charge in [-0.25, -0.2) is 4.98 Å². The number of amides is 1. The lowest BCUT2D eigenvalue weighted by Gasteiger charge is -2.05. The average molecular weight is 321 g/mol. The van der Waals surface area contributed by atoms with Crippen molar-refractivity contribution in [3.63, 3.8) is 0 Å².